The summed E-state index contributed by atoms with van der Waals surface area (Å²) in [4.78, 5) is 28.4. The summed E-state index contributed by atoms with van der Waals surface area (Å²) in [6.45, 7) is 8.45. The zero-order chi connectivity index (χ0) is 29.6. The predicted octanol–water partition coefficient (Wildman–Crippen LogP) is 5.10. The Morgan fingerprint density at radius 1 is 0.950 bits per heavy atom. The van der Waals surface area contributed by atoms with Crippen molar-refractivity contribution < 1.29 is 22.7 Å². The highest BCUT2D eigenvalue weighted by atomic mass is 35.5. The van der Waals surface area contributed by atoms with Crippen LogP contribution in [0.15, 0.2) is 71.6 Å². The SMILES string of the molecule is COc1ccc(CN(C(=O)CN(c2cc(Cl)ccc2C)S(=O)(=O)c2ccc(C)cc2)[C@@H](C)C(=O)NC(C)C)cc1. The fourth-order valence-corrected chi connectivity index (χ4v) is 5.75. The molecule has 0 unspecified atom stereocenters. The molecule has 0 aliphatic rings. The number of carbonyl (C=O) groups excluding carboxylic acids is 2. The number of rotatable bonds is 11. The fourth-order valence-electron chi connectivity index (χ4n) is 4.12. The molecule has 214 valence electrons. The molecule has 0 spiro atoms. The Morgan fingerprint density at radius 3 is 2.15 bits per heavy atom. The summed E-state index contributed by atoms with van der Waals surface area (Å²) in [7, 11) is -2.62. The maximum absolute atomic E-state index is 14.0. The Balaban J connectivity index is 2.06. The lowest BCUT2D eigenvalue weighted by Crippen LogP contribution is -2.52. The Morgan fingerprint density at radius 2 is 1.57 bits per heavy atom. The molecule has 0 saturated heterocycles. The van der Waals surface area contributed by atoms with Crippen molar-refractivity contribution in [2.24, 2.45) is 0 Å². The van der Waals surface area contributed by atoms with Crippen LogP contribution in [-0.2, 0) is 26.2 Å². The predicted molar refractivity (Wildman–Crippen MR) is 158 cm³/mol. The number of nitrogens with one attached hydrogen (secondary N) is 1. The summed E-state index contributed by atoms with van der Waals surface area (Å²) < 4.78 is 34.2. The number of anilines is 1. The Hall–Kier alpha value is -3.56. The van der Waals surface area contributed by atoms with Crippen molar-refractivity contribution in [3.05, 3.63) is 88.4 Å². The van der Waals surface area contributed by atoms with Crippen LogP contribution in [0.1, 0.15) is 37.5 Å². The smallest absolute Gasteiger partial charge is 0.264 e. The lowest BCUT2D eigenvalue weighted by atomic mass is 10.1. The lowest BCUT2D eigenvalue weighted by Gasteiger charge is -2.32. The molecule has 3 aromatic rings. The first-order chi connectivity index (χ1) is 18.8. The third-order valence-corrected chi connectivity index (χ3v) is 8.45. The first-order valence-electron chi connectivity index (χ1n) is 12.9. The quantitative estimate of drug-likeness (QED) is 0.338. The molecule has 3 rings (SSSR count). The zero-order valence-corrected chi connectivity index (χ0v) is 25.2. The molecule has 0 radical (unpaired) electrons. The highest BCUT2D eigenvalue weighted by Crippen LogP contribution is 2.30. The number of benzene rings is 3. The lowest BCUT2D eigenvalue weighted by molar-refractivity contribution is -0.139. The van der Waals surface area contributed by atoms with Crippen molar-refractivity contribution in [3.8, 4) is 5.75 Å². The maximum atomic E-state index is 14.0. The molecule has 1 atom stereocenters. The van der Waals surface area contributed by atoms with Gasteiger partial charge in [-0.2, -0.15) is 0 Å². The van der Waals surface area contributed by atoms with Gasteiger partial charge < -0.3 is 15.0 Å². The van der Waals surface area contributed by atoms with Gasteiger partial charge in [-0.3, -0.25) is 13.9 Å². The van der Waals surface area contributed by atoms with Gasteiger partial charge in [0.25, 0.3) is 10.0 Å². The number of aryl methyl sites for hydroxylation is 2. The molecule has 0 aliphatic carbocycles. The van der Waals surface area contributed by atoms with E-state index in [1.165, 1.54) is 23.1 Å². The number of carbonyl (C=O) groups is 2. The highest BCUT2D eigenvalue weighted by molar-refractivity contribution is 7.92. The van der Waals surface area contributed by atoms with Crippen LogP contribution in [0, 0.1) is 13.8 Å². The maximum Gasteiger partial charge on any atom is 0.264 e. The van der Waals surface area contributed by atoms with Crippen molar-refractivity contribution in [2.45, 2.75) is 58.1 Å². The van der Waals surface area contributed by atoms with E-state index in [0.717, 1.165) is 15.4 Å². The van der Waals surface area contributed by atoms with Crippen LogP contribution < -0.4 is 14.4 Å². The Labute approximate surface area is 241 Å². The molecule has 2 amide bonds. The van der Waals surface area contributed by atoms with E-state index in [4.69, 9.17) is 16.3 Å². The minimum absolute atomic E-state index is 0.0394. The molecule has 0 fully saturated rings. The normalized spacial score (nSPS) is 12.1. The minimum Gasteiger partial charge on any atom is -0.497 e. The van der Waals surface area contributed by atoms with E-state index in [1.807, 2.05) is 20.8 Å². The zero-order valence-electron chi connectivity index (χ0n) is 23.6. The number of methoxy groups -OCH3 is 1. The molecule has 40 heavy (non-hydrogen) atoms. The molecule has 10 heteroatoms. The standard InChI is InChI=1S/C30H36ClN3O5S/c1-20(2)32-30(36)23(5)33(18-24-10-13-26(39-6)14-11-24)29(35)19-34(28-17-25(31)12-9-22(28)4)40(37,38)27-15-7-21(3)8-16-27/h7-17,20,23H,18-19H2,1-6H3,(H,32,36)/t23-/m0/s1. The Kier molecular flexibility index (Phi) is 10.2. The van der Waals surface area contributed by atoms with Gasteiger partial charge in [-0.25, -0.2) is 8.42 Å². The number of ether oxygens (including phenoxy) is 1. The number of halogens is 1. The van der Waals surface area contributed by atoms with Crippen molar-refractivity contribution in [1.29, 1.82) is 0 Å². The molecular formula is C30H36ClN3O5S. The minimum atomic E-state index is -4.18. The van der Waals surface area contributed by atoms with Gasteiger partial charge in [-0.05, 0) is 82.1 Å². The molecule has 0 saturated carbocycles. The first kappa shape index (κ1) is 31.0. The van der Waals surface area contributed by atoms with E-state index < -0.39 is 28.5 Å². The monoisotopic (exact) mass is 585 g/mol. The van der Waals surface area contributed by atoms with Gasteiger partial charge in [0, 0.05) is 17.6 Å². The average Bonchev–Trinajstić information content (AvgIpc) is 2.91. The van der Waals surface area contributed by atoms with Gasteiger partial charge in [0.05, 0.1) is 17.7 Å². The average molecular weight is 586 g/mol. The summed E-state index contributed by atoms with van der Waals surface area (Å²) in [5.74, 6) is -0.236. The van der Waals surface area contributed by atoms with Crippen LogP contribution in [0.4, 0.5) is 5.69 Å². The number of nitrogens with zero attached hydrogens (tertiary/aromatic N) is 2. The van der Waals surface area contributed by atoms with E-state index in [2.05, 4.69) is 5.32 Å². The van der Waals surface area contributed by atoms with Crippen LogP contribution >= 0.6 is 11.6 Å². The number of hydrogen-bond acceptors (Lipinski definition) is 5. The summed E-state index contributed by atoms with van der Waals surface area (Å²) in [5.41, 5.74) is 2.56. The van der Waals surface area contributed by atoms with Gasteiger partial charge in [-0.15, -0.1) is 0 Å². The summed E-state index contributed by atoms with van der Waals surface area (Å²) in [6.07, 6.45) is 0. The molecular weight excluding hydrogens is 550 g/mol. The second-order valence-electron chi connectivity index (χ2n) is 9.96. The van der Waals surface area contributed by atoms with Crippen molar-refractivity contribution in [2.75, 3.05) is 18.0 Å². The third kappa shape index (κ3) is 7.55. The molecule has 8 nitrogen and oxygen atoms in total. The van der Waals surface area contributed by atoms with Gasteiger partial charge in [-0.1, -0.05) is 47.5 Å². The van der Waals surface area contributed by atoms with Gasteiger partial charge in [0.1, 0.15) is 18.3 Å². The van der Waals surface area contributed by atoms with Crippen molar-refractivity contribution in [3.63, 3.8) is 0 Å². The fraction of sp³-hybridized carbons (Fsp3) is 0.333. The first-order valence-corrected chi connectivity index (χ1v) is 14.7. The Bertz CT molecular complexity index is 1440. The molecule has 1 N–H and O–H groups in total. The third-order valence-electron chi connectivity index (χ3n) is 6.44. The second-order valence-corrected chi connectivity index (χ2v) is 12.3. The van der Waals surface area contributed by atoms with Crippen molar-refractivity contribution in [1.82, 2.24) is 10.2 Å². The van der Waals surface area contributed by atoms with Crippen LogP contribution in [0.25, 0.3) is 0 Å². The topological polar surface area (TPSA) is 96.0 Å². The summed E-state index contributed by atoms with van der Waals surface area (Å²) in [6, 6.07) is 17.4. The van der Waals surface area contributed by atoms with Gasteiger partial charge in [0.15, 0.2) is 0 Å². The van der Waals surface area contributed by atoms with Crippen LogP contribution in [0.3, 0.4) is 0 Å². The number of hydrogen-bond donors (Lipinski definition) is 1. The number of sulfonamides is 1. The van der Waals surface area contributed by atoms with Crippen LogP contribution in [-0.4, -0.2) is 50.9 Å². The van der Waals surface area contributed by atoms with Gasteiger partial charge >= 0.3 is 0 Å². The van der Waals surface area contributed by atoms with Crippen LogP contribution in [0.5, 0.6) is 5.75 Å². The van der Waals surface area contributed by atoms with E-state index in [9.17, 15) is 18.0 Å². The second kappa shape index (κ2) is 13.2. The molecule has 0 bridgehead atoms. The summed E-state index contributed by atoms with van der Waals surface area (Å²) in [5, 5.41) is 3.17. The van der Waals surface area contributed by atoms with E-state index >= 15 is 0 Å². The largest absolute Gasteiger partial charge is 0.497 e. The van der Waals surface area contributed by atoms with E-state index in [0.29, 0.717) is 16.3 Å². The molecule has 0 aliphatic heterocycles. The highest BCUT2D eigenvalue weighted by Gasteiger charge is 2.33. The molecule has 3 aromatic carbocycles. The molecule has 0 aromatic heterocycles. The van der Waals surface area contributed by atoms with Gasteiger partial charge in [0.2, 0.25) is 11.8 Å². The van der Waals surface area contributed by atoms with Crippen molar-refractivity contribution >= 4 is 39.1 Å². The number of amides is 2. The summed E-state index contributed by atoms with van der Waals surface area (Å²) >= 11 is 6.27. The van der Waals surface area contributed by atoms with E-state index in [1.54, 1.807) is 69.5 Å². The van der Waals surface area contributed by atoms with E-state index in [-0.39, 0.29) is 29.1 Å². The van der Waals surface area contributed by atoms with Crippen LogP contribution in [0.2, 0.25) is 5.02 Å². The molecule has 0 heterocycles.